The fourth-order valence-corrected chi connectivity index (χ4v) is 2.14. The van der Waals surface area contributed by atoms with Gasteiger partial charge in [-0.25, -0.2) is 0 Å². The Balaban J connectivity index is 1.86. The lowest BCUT2D eigenvalue weighted by atomic mass is 10.2. The molecule has 114 valence electrons. The summed E-state index contributed by atoms with van der Waals surface area (Å²) in [7, 11) is 2.02. The molecule has 0 saturated carbocycles. The SMILES string of the molecule is CN(CCCCCO)Cc1nc(-c2ccc(Cl)cc2)no1. The molecular formula is C15H20ClN3O2. The molecule has 21 heavy (non-hydrogen) atoms. The van der Waals surface area contributed by atoms with Gasteiger partial charge in [-0.05, 0) is 57.1 Å². The highest BCUT2D eigenvalue weighted by molar-refractivity contribution is 6.30. The zero-order chi connectivity index (χ0) is 15.1. The average molecular weight is 310 g/mol. The van der Waals surface area contributed by atoms with Gasteiger partial charge in [-0.1, -0.05) is 16.8 Å². The molecule has 5 nitrogen and oxygen atoms in total. The molecular weight excluding hydrogens is 290 g/mol. The van der Waals surface area contributed by atoms with Crippen LogP contribution in [0.4, 0.5) is 0 Å². The average Bonchev–Trinajstić information content (AvgIpc) is 2.93. The van der Waals surface area contributed by atoms with Gasteiger partial charge in [-0.2, -0.15) is 4.98 Å². The quantitative estimate of drug-likeness (QED) is 0.760. The van der Waals surface area contributed by atoms with Crippen LogP contribution in [0.1, 0.15) is 25.2 Å². The fraction of sp³-hybridized carbons (Fsp3) is 0.467. The minimum Gasteiger partial charge on any atom is -0.396 e. The van der Waals surface area contributed by atoms with E-state index in [1.165, 1.54) is 0 Å². The smallest absolute Gasteiger partial charge is 0.241 e. The third-order valence-electron chi connectivity index (χ3n) is 3.17. The zero-order valence-corrected chi connectivity index (χ0v) is 12.9. The molecule has 2 rings (SSSR count). The summed E-state index contributed by atoms with van der Waals surface area (Å²) >= 11 is 5.86. The Morgan fingerprint density at radius 2 is 1.95 bits per heavy atom. The monoisotopic (exact) mass is 309 g/mol. The first kappa shape index (κ1) is 15.9. The normalized spacial score (nSPS) is 11.2. The molecule has 0 saturated heterocycles. The summed E-state index contributed by atoms with van der Waals surface area (Å²) in [5.74, 6) is 1.18. The number of aliphatic hydroxyl groups excluding tert-OH is 1. The molecule has 6 heteroatoms. The van der Waals surface area contributed by atoms with E-state index >= 15 is 0 Å². The third kappa shape index (κ3) is 5.12. The van der Waals surface area contributed by atoms with Crippen LogP contribution in [-0.4, -0.2) is 40.3 Å². The number of aromatic nitrogens is 2. The Morgan fingerprint density at radius 3 is 2.67 bits per heavy atom. The second-order valence-corrected chi connectivity index (χ2v) is 5.48. The summed E-state index contributed by atoms with van der Waals surface area (Å²) in [5.41, 5.74) is 0.889. The van der Waals surface area contributed by atoms with Crippen molar-refractivity contribution >= 4 is 11.6 Å². The van der Waals surface area contributed by atoms with Crippen LogP contribution in [0.5, 0.6) is 0 Å². The molecule has 1 heterocycles. The summed E-state index contributed by atoms with van der Waals surface area (Å²) in [6.07, 6.45) is 2.94. The minimum absolute atomic E-state index is 0.262. The molecule has 0 aliphatic carbocycles. The van der Waals surface area contributed by atoms with Crippen molar-refractivity contribution in [3.05, 3.63) is 35.2 Å². The molecule has 1 aromatic carbocycles. The molecule has 1 aromatic heterocycles. The van der Waals surface area contributed by atoms with Crippen LogP contribution in [0.15, 0.2) is 28.8 Å². The largest absolute Gasteiger partial charge is 0.396 e. The molecule has 0 unspecified atom stereocenters. The molecule has 0 bridgehead atoms. The van der Waals surface area contributed by atoms with Crippen LogP contribution >= 0.6 is 11.6 Å². The standard InChI is InChI=1S/C15H20ClN3O2/c1-19(9-3-2-4-10-20)11-14-17-15(18-21-14)12-5-7-13(16)8-6-12/h5-8,20H,2-4,9-11H2,1H3. The molecule has 0 aliphatic heterocycles. The molecule has 0 amide bonds. The predicted octanol–water partition coefficient (Wildman–Crippen LogP) is 2.98. The molecule has 1 N–H and O–H groups in total. The van der Waals surface area contributed by atoms with E-state index in [0.29, 0.717) is 23.3 Å². The molecule has 0 fully saturated rings. The molecule has 0 aliphatic rings. The van der Waals surface area contributed by atoms with Crippen LogP contribution in [0.3, 0.4) is 0 Å². The summed E-state index contributed by atoms with van der Waals surface area (Å²) in [5, 5.41) is 13.4. The predicted molar refractivity (Wildman–Crippen MR) is 82.0 cm³/mol. The first-order chi connectivity index (χ1) is 10.2. The maximum atomic E-state index is 8.74. The van der Waals surface area contributed by atoms with Crippen LogP contribution in [0, 0.1) is 0 Å². The van der Waals surface area contributed by atoms with Gasteiger partial charge < -0.3 is 9.63 Å². The first-order valence-electron chi connectivity index (χ1n) is 7.07. The second kappa shape index (κ2) is 8.12. The number of aliphatic hydroxyl groups is 1. The van der Waals surface area contributed by atoms with Gasteiger partial charge in [0, 0.05) is 17.2 Å². The number of halogens is 1. The number of benzene rings is 1. The van der Waals surface area contributed by atoms with Crippen LogP contribution in [0.2, 0.25) is 5.02 Å². The van der Waals surface area contributed by atoms with Crippen molar-refractivity contribution < 1.29 is 9.63 Å². The molecule has 2 aromatic rings. The van der Waals surface area contributed by atoms with E-state index in [1.807, 2.05) is 19.2 Å². The van der Waals surface area contributed by atoms with Gasteiger partial charge in [0.05, 0.1) is 6.54 Å². The summed E-state index contributed by atoms with van der Waals surface area (Å²) < 4.78 is 5.27. The lowest BCUT2D eigenvalue weighted by Gasteiger charge is -2.13. The van der Waals surface area contributed by atoms with Crippen LogP contribution in [-0.2, 0) is 6.54 Å². The van der Waals surface area contributed by atoms with Gasteiger partial charge in [0.25, 0.3) is 0 Å². The fourth-order valence-electron chi connectivity index (χ4n) is 2.02. The van der Waals surface area contributed by atoms with E-state index in [2.05, 4.69) is 15.0 Å². The van der Waals surface area contributed by atoms with Crippen molar-refractivity contribution in [3.8, 4) is 11.4 Å². The van der Waals surface area contributed by atoms with Crippen LogP contribution < -0.4 is 0 Å². The third-order valence-corrected chi connectivity index (χ3v) is 3.43. The Morgan fingerprint density at radius 1 is 1.19 bits per heavy atom. The van der Waals surface area contributed by atoms with E-state index in [9.17, 15) is 0 Å². The van der Waals surface area contributed by atoms with Crippen molar-refractivity contribution in [2.45, 2.75) is 25.8 Å². The van der Waals surface area contributed by atoms with E-state index in [4.69, 9.17) is 21.2 Å². The maximum Gasteiger partial charge on any atom is 0.241 e. The van der Waals surface area contributed by atoms with Gasteiger partial charge in [0.2, 0.25) is 11.7 Å². The number of nitrogens with zero attached hydrogens (tertiary/aromatic N) is 3. The highest BCUT2D eigenvalue weighted by Crippen LogP contribution is 2.19. The van der Waals surface area contributed by atoms with E-state index in [-0.39, 0.29) is 6.61 Å². The van der Waals surface area contributed by atoms with Crippen LogP contribution in [0.25, 0.3) is 11.4 Å². The van der Waals surface area contributed by atoms with E-state index in [0.717, 1.165) is 31.4 Å². The van der Waals surface area contributed by atoms with E-state index < -0.39 is 0 Å². The topological polar surface area (TPSA) is 62.4 Å². The lowest BCUT2D eigenvalue weighted by Crippen LogP contribution is -2.19. The van der Waals surface area contributed by atoms with Gasteiger partial charge in [0.15, 0.2) is 0 Å². The van der Waals surface area contributed by atoms with Crippen molar-refractivity contribution in [3.63, 3.8) is 0 Å². The highest BCUT2D eigenvalue weighted by Gasteiger charge is 2.10. The summed E-state index contributed by atoms with van der Waals surface area (Å²) in [6.45, 7) is 1.83. The maximum absolute atomic E-state index is 8.74. The Kier molecular flexibility index (Phi) is 6.17. The first-order valence-corrected chi connectivity index (χ1v) is 7.45. The van der Waals surface area contributed by atoms with Crippen molar-refractivity contribution in [1.29, 1.82) is 0 Å². The van der Waals surface area contributed by atoms with E-state index in [1.54, 1.807) is 12.1 Å². The minimum atomic E-state index is 0.262. The number of hydrogen-bond acceptors (Lipinski definition) is 5. The van der Waals surface area contributed by atoms with Gasteiger partial charge in [-0.3, -0.25) is 4.90 Å². The Labute approximate surface area is 129 Å². The molecule has 0 radical (unpaired) electrons. The Bertz CT molecular complexity index is 542. The van der Waals surface area contributed by atoms with Crippen molar-refractivity contribution in [2.24, 2.45) is 0 Å². The van der Waals surface area contributed by atoms with Gasteiger partial charge in [0.1, 0.15) is 0 Å². The number of rotatable bonds is 8. The van der Waals surface area contributed by atoms with Gasteiger partial charge >= 0.3 is 0 Å². The molecule has 0 atom stereocenters. The number of unbranched alkanes of at least 4 members (excludes halogenated alkanes) is 2. The summed E-state index contributed by atoms with van der Waals surface area (Å²) in [6, 6.07) is 7.35. The summed E-state index contributed by atoms with van der Waals surface area (Å²) in [4.78, 5) is 6.53. The van der Waals surface area contributed by atoms with Crippen molar-refractivity contribution in [1.82, 2.24) is 15.0 Å². The lowest BCUT2D eigenvalue weighted by molar-refractivity contribution is 0.251. The second-order valence-electron chi connectivity index (χ2n) is 5.04. The Hall–Kier alpha value is -1.43. The van der Waals surface area contributed by atoms with Gasteiger partial charge in [-0.15, -0.1) is 0 Å². The zero-order valence-electron chi connectivity index (χ0n) is 12.1. The highest BCUT2D eigenvalue weighted by atomic mass is 35.5. The van der Waals surface area contributed by atoms with Crippen molar-refractivity contribution in [2.75, 3.05) is 20.2 Å². The molecule has 0 spiro atoms. The number of hydrogen-bond donors (Lipinski definition) is 1.